The van der Waals surface area contributed by atoms with E-state index >= 15 is 0 Å². The smallest absolute Gasteiger partial charge is 0.221 e. The second kappa shape index (κ2) is 7.11. The molecule has 0 bridgehead atoms. The molecule has 4 rings (SSSR count). The topological polar surface area (TPSA) is 83.2 Å². The van der Waals surface area contributed by atoms with Crippen LogP contribution in [0.1, 0.15) is 0 Å². The van der Waals surface area contributed by atoms with Crippen molar-refractivity contribution < 1.29 is 13.9 Å². The molecule has 2 aromatic heterocycles. The van der Waals surface area contributed by atoms with Crippen molar-refractivity contribution in [2.45, 2.75) is 0 Å². The molecule has 0 aliphatic heterocycles. The molecule has 0 aliphatic carbocycles. The van der Waals surface area contributed by atoms with E-state index in [0.717, 1.165) is 5.56 Å². The number of hydrogen-bond acceptors (Lipinski definition) is 6. The zero-order valence-electron chi connectivity index (χ0n) is 15.3. The standard InChI is InChI=1S/C21H17FN4O2/c1-27-14-7-10-18(28-2)15(11-14)19-20-17(25-21(23)26-19)9-8-16(24-20)12-3-5-13(22)6-4-12/h3-11H,1-2H3,(H2,23,25,26). The molecule has 0 unspecified atom stereocenters. The largest absolute Gasteiger partial charge is 0.497 e. The fraction of sp³-hybridized carbons (Fsp3) is 0.0952. The maximum Gasteiger partial charge on any atom is 0.221 e. The Morgan fingerprint density at radius 3 is 2.36 bits per heavy atom. The third-order valence-corrected chi connectivity index (χ3v) is 4.36. The molecule has 0 saturated carbocycles. The Hall–Kier alpha value is -3.74. The van der Waals surface area contributed by atoms with Gasteiger partial charge in [0, 0.05) is 11.1 Å². The molecule has 0 fully saturated rings. The van der Waals surface area contributed by atoms with Gasteiger partial charge in [-0.3, -0.25) is 0 Å². The molecule has 4 aromatic rings. The highest BCUT2D eigenvalue weighted by Crippen LogP contribution is 2.36. The third-order valence-electron chi connectivity index (χ3n) is 4.36. The number of nitrogens with zero attached hydrogens (tertiary/aromatic N) is 3. The first-order chi connectivity index (χ1) is 13.6. The van der Waals surface area contributed by atoms with Crippen LogP contribution in [-0.2, 0) is 0 Å². The summed E-state index contributed by atoms with van der Waals surface area (Å²) in [6.07, 6.45) is 0. The number of hydrogen-bond donors (Lipinski definition) is 1. The second-order valence-corrected chi connectivity index (χ2v) is 6.07. The van der Waals surface area contributed by atoms with Gasteiger partial charge in [0.1, 0.15) is 28.5 Å². The average Bonchev–Trinajstić information content (AvgIpc) is 2.73. The van der Waals surface area contributed by atoms with Crippen LogP contribution in [0.4, 0.5) is 10.3 Å². The number of halogens is 1. The van der Waals surface area contributed by atoms with Crippen molar-refractivity contribution in [1.82, 2.24) is 15.0 Å². The van der Waals surface area contributed by atoms with E-state index in [0.29, 0.717) is 39.5 Å². The van der Waals surface area contributed by atoms with Gasteiger partial charge in [0.15, 0.2) is 0 Å². The number of anilines is 1. The number of pyridine rings is 1. The van der Waals surface area contributed by atoms with Gasteiger partial charge in [0.25, 0.3) is 0 Å². The summed E-state index contributed by atoms with van der Waals surface area (Å²) in [4.78, 5) is 13.4. The molecule has 0 amide bonds. The zero-order valence-corrected chi connectivity index (χ0v) is 15.3. The maximum absolute atomic E-state index is 13.3. The number of benzene rings is 2. The highest BCUT2D eigenvalue weighted by Gasteiger charge is 2.16. The highest BCUT2D eigenvalue weighted by molar-refractivity contribution is 5.93. The summed E-state index contributed by atoms with van der Waals surface area (Å²) in [6.45, 7) is 0. The van der Waals surface area contributed by atoms with E-state index in [1.807, 2.05) is 18.2 Å². The lowest BCUT2D eigenvalue weighted by Crippen LogP contribution is -2.01. The van der Waals surface area contributed by atoms with E-state index in [4.69, 9.17) is 20.2 Å². The van der Waals surface area contributed by atoms with Crippen LogP contribution < -0.4 is 15.2 Å². The van der Waals surface area contributed by atoms with Gasteiger partial charge in [-0.2, -0.15) is 0 Å². The van der Waals surface area contributed by atoms with Gasteiger partial charge in [-0.25, -0.2) is 19.3 Å². The Labute approximate surface area is 160 Å². The number of rotatable bonds is 4. The number of nitrogen functional groups attached to an aromatic ring is 1. The quantitative estimate of drug-likeness (QED) is 0.577. The lowest BCUT2D eigenvalue weighted by atomic mass is 10.1. The number of methoxy groups -OCH3 is 2. The minimum absolute atomic E-state index is 0.128. The Bertz CT molecular complexity index is 1160. The van der Waals surface area contributed by atoms with E-state index in [1.54, 1.807) is 38.5 Å². The molecule has 28 heavy (non-hydrogen) atoms. The minimum atomic E-state index is -0.303. The predicted octanol–water partition coefficient (Wildman–Crippen LogP) is 4.10. The van der Waals surface area contributed by atoms with Crippen molar-refractivity contribution in [3.8, 4) is 34.0 Å². The SMILES string of the molecule is COc1ccc(OC)c(-c2nc(N)nc3ccc(-c4ccc(F)cc4)nc23)c1. The van der Waals surface area contributed by atoms with Crippen LogP contribution in [0.25, 0.3) is 33.5 Å². The summed E-state index contributed by atoms with van der Waals surface area (Å²) < 4.78 is 24.1. The van der Waals surface area contributed by atoms with Crippen molar-refractivity contribution in [3.05, 3.63) is 60.4 Å². The summed E-state index contributed by atoms with van der Waals surface area (Å²) in [7, 11) is 3.17. The normalized spacial score (nSPS) is 10.8. The van der Waals surface area contributed by atoms with E-state index in [9.17, 15) is 4.39 Å². The molecule has 0 spiro atoms. The van der Waals surface area contributed by atoms with Crippen LogP contribution in [0.5, 0.6) is 11.5 Å². The van der Waals surface area contributed by atoms with Crippen LogP contribution in [0.3, 0.4) is 0 Å². The van der Waals surface area contributed by atoms with E-state index in [2.05, 4.69) is 9.97 Å². The molecular weight excluding hydrogens is 359 g/mol. The highest BCUT2D eigenvalue weighted by atomic mass is 19.1. The molecular formula is C21H17FN4O2. The van der Waals surface area contributed by atoms with Gasteiger partial charge < -0.3 is 15.2 Å². The van der Waals surface area contributed by atoms with Gasteiger partial charge in [0.2, 0.25) is 5.95 Å². The lowest BCUT2D eigenvalue weighted by Gasteiger charge is -2.12. The average molecular weight is 376 g/mol. The molecule has 2 N–H and O–H groups in total. The van der Waals surface area contributed by atoms with Crippen LogP contribution in [-0.4, -0.2) is 29.2 Å². The molecule has 0 atom stereocenters. The summed E-state index contributed by atoms with van der Waals surface area (Å²) in [6, 6.07) is 15.2. The maximum atomic E-state index is 13.3. The summed E-state index contributed by atoms with van der Waals surface area (Å²) in [5.41, 5.74) is 9.75. The first-order valence-corrected chi connectivity index (χ1v) is 8.51. The van der Waals surface area contributed by atoms with Crippen molar-refractivity contribution in [1.29, 1.82) is 0 Å². The summed E-state index contributed by atoms with van der Waals surface area (Å²) in [5, 5.41) is 0. The van der Waals surface area contributed by atoms with Crippen molar-refractivity contribution in [2.24, 2.45) is 0 Å². The van der Waals surface area contributed by atoms with Crippen LogP contribution >= 0.6 is 0 Å². The van der Waals surface area contributed by atoms with E-state index in [-0.39, 0.29) is 11.8 Å². The molecule has 0 saturated heterocycles. The minimum Gasteiger partial charge on any atom is -0.497 e. The molecule has 140 valence electrons. The number of nitrogens with two attached hydrogens (primary N) is 1. The monoisotopic (exact) mass is 376 g/mol. The number of aromatic nitrogens is 3. The van der Waals surface area contributed by atoms with Crippen molar-refractivity contribution in [3.63, 3.8) is 0 Å². The predicted molar refractivity (Wildman–Crippen MR) is 106 cm³/mol. The molecule has 2 aromatic carbocycles. The van der Waals surface area contributed by atoms with Gasteiger partial charge in [-0.05, 0) is 54.6 Å². The summed E-state index contributed by atoms with van der Waals surface area (Å²) in [5.74, 6) is 1.08. The Morgan fingerprint density at radius 1 is 0.857 bits per heavy atom. The third kappa shape index (κ3) is 3.18. The first-order valence-electron chi connectivity index (χ1n) is 8.51. The molecule has 7 heteroatoms. The Kier molecular flexibility index (Phi) is 4.49. The van der Waals surface area contributed by atoms with Gasteiger partial charge in [-0.1, -0.05) is 0 Å². The van der Waals surface area contributed by atoms with Gasteiger partial charge >= 0.3 is 0 Å². The second-order valence-electron chi connectivity index (χ2n) is 6.07. The summed E-state index contributed by atoms with van der Waals surface area (Å²) >= 11 is 0. The fourth-order valence-electron chi connectivity index (χ4n) is 3.00. The Balaban J connectivity index is 1.98. The first kappa shape index (κ1) is 17.7. The van der Waals surface area contributed by atoms with Crippen molar-refractivity contribution in [2.75, 3.05) is 20.0 Å². The van der Waals surface area contributed by atoms with E-state index < -0.39 is 0 Å². The van der Waals surface area contributed by atoms with Crippen molar-refractivity contribution >= 4 is 17.0 Å². The molecule has 0 aliphatic rings. The zero-order chi connectivity index (χ0) is 19.7. The van der Waals surface area contributed by atoms with E-state index in [1.165, 1.54) is 12.1 Å². The van der Waals surface area contributed by atoms with Crippen LogP contribution in [0, 0.1) is 5.82 Å². The van der Waals surface area contributed by atoms with Gasteiger partial charge in [-0.15, -0.1) is 0 Å². The Morgan fingerprint density at radius 2 is 1.64 bits per heavy atom. The number of ether oxygens (including phenoxy) is 2. The molecule has 0 radical (unpaired) electrons. The lowest BCUT2D eigenvalue weighted by molar-refractivity contribution is 0.404. The molecule has 6 nitrogen and oxygen atoms in total. The number of fused-ring (bicyclic) bond motifs is 1. The van der Waals surface area contributed by atoms with Crippen LogP contribution in [0.2, 0.25) is 0 Å². The van der Waals surface area contributed by atoms with Gasteiger partial charge in [0.05, 0.1) is 25.4 Å². The fourth-order valence-corrected chi connectivity index (χ4v) is 3.00. The molecule has 2 heterocycles. The van der Waals surface area contributed by atoms with Crippen LogP contribution in [0.15, 0.2) is 54.6 Å².